The highest BCUT2D eigenvalue weighted by molar-refractivity contribution is 5.68. The van der Waals surface area contributed by atoms with E-state index in [1.807, 2.05) is 20.8 Å². The molecule has 18 heavy (non-hydrogen) atoms. The molecule has 108 valence electrons. The van der Waals surface area contributed by atoms with E-state index >= 15 is 0 Å². The first-order valence-corrected chi connectivity index (χ1v) is 6.28. The Balaban J connectivity index is 4.31. The second-order valence-electron chi connectivity index (χ2n) is 6.38. The number of methoxy groups -OCH3 is 1. The van der Waals surface area contributed by atoms with Gasteiger partial charge in [-0.05, 0) is 32.6 Å². The summed E-state index contributed by atoms with van der Waals surface area (Å²) in [6.07, 6.45) is 0.322. The van der Waals surface area contributed by atoms with E-state index in [0.717, 1.165) is 6.42 Å². The summed E-state index contributed by atoms with van der Waals surface area (Å²) in [5.41, 5.74) is 5.15. The second-order valence-corrected chi connectivity index (χ2v) is 6.38. The lowest BCUT2D eigenvalue weighted by molar-refractivity contribution is 0.0465. The van der Waals surface area contributed by atoms with Crippen LogP contribution in [0.2, 0.25) is 0 Å². The van der Waals surface area contributed by atoms with Gasteiger partial charge in [-0.25, -0.2) is 4.79 Å². The van der Waals surface area contributed by atoms with Crippen LogP contribution in [-0.2, 0) is 9.47 Å². The number of rotatable bonds is 6. The van der Waals surface area contributed by atoms with Gasteiger partial charge < -0.3 is 20.5 Å². The minimum atomic E-state index is -0.495. The van der Waals surface area contributed by atoms with E-state index in [-0.39, 0.29) is 11.5 Å². The summed E-state index contributed by atoms with van der Waals surface area (Å²) >= 11 is 0. The van der Waals surface area contributed by atoms with Crippen molar-refractivity contribution in [2.45, 2.75) is 52.7 Å². The molecule has 0 saturated heterocycles. The molecule has 5 heteroatoms. The maximum Gasteiger partial charge on any atom is 0.407 e. The summed E-state index contributed by atoms with van der Waals surface area (Å²) in [5, 5.41) is 2.80. The first-order valence-electron chi connectivity index (χ1n) is 6.28. The predicted molar refractivity (Wildman–Crippen MR) is 72.5 cm³/mol. The van der Waals surface area contributed by atoms with Gasteiger partial charge in [0, 0.05) is 19.7 Å². The van der Waals surface area contributed by atoms with Crippen LogP contribution in [0.1, 0.15) is 41.0 Å². The van der Waals surface area contributed by atoms with Gasteiger partial charge in [-0.3, -0.25) is 0 Å². The highest BCUT2D eigenvalue weighted by Crippen LogP contribution is 2.22. The molecular weight excluding hydrogens is 232 g/mol. The smallest absolute Gasteiger partial charge is 0.407 e. The fourth-order valence-electron chi connectivity index (χ4n) is 1.78. The molecule has 0 radical (unpaired) electrons. The van der Waals surface area contributed by atoms with Gasteiger partial charge in [-0.1, -0.05) is 13.8 Å². The third kappa shape index (κ3) is 8.31. The van der Waals surface area contributed by atoms with Crippen molar-refractivity contribution >= 4 is 6.09 Å². The number of alkyl carbamates (subject to hydrolysis) is 1. The van der Waals surface area contributed by atoms with Gasteiger partial charge in [-0.15, -0.1) is 0 Å². The average Bonchev–Trinajstić information content (AvgIpc) is 2.12. The van der Waals surface area contributed by atoms with Gasteiger partial charge in [-0.2, -0.15) is 0 Å². The second kappa shape index (κ2) is 6.95. The molecule has 0 fully saturated rings. The lowest BCUT2D eigenvalue weighted by Gasteiger charge is -2.29. The zero-order chi connectivity index (χ0) is 14.4. The molecule has 1 amide bonds. The predicted octanol–water partition coefficient (Wildman–Crippen LogP) is 1.90. The van der Waals surface area contributed by atoms with E-state index in [4.69, 9.17) is 15.2 Å². The van der Waals surface area contributed by atoms with Gasteiger partial charge in [0.15, 0.2) is 0 Å². The Morgan fingerprint density at radius 3 is 2.22 bits per heavy atom. The maximum absolute atomic E-state index is 11.7. The van der Waals surface area contributed by atoms with Crippen molar-refractivity contribution in [3.05, 3.63) is 0 Å². The molecule has 0 saturated carbocycles. The molecule has 0 bridgehead atoms. The van der Waals surface area contributed by atoms with Crippen LogP contribution in [-0.4, -0.2) is 38.0 Å². The van der Waals surface area contributed by atoms with Gasteiger partial charge in [0.25, 0.3) is 0 Å². The van der Waals surface area contributed by atoms with Crippen LogP contribution in [0.4, 0.5) is 4.79 Å². The summed E-state index contributed by atoms with van der Waals surface area (Å²) in [6, 6.07) is -0.106. The molecule has 1 unspecified atom stereocenters. The highest BCUT2D eigenvalue weighted by Gasteiger charge is 2.25. The summed E-state index contributed by atoms with van der Waals surface area (Å²) in [7, 11) is 1.67. The molecule has 0 aromatic carbocycles. The van der Waals surface area contributed by atoms with Crippen LogP contribution < -0.4 is 11.1 Å². The van der Waals surface area contributed by atoms with E-state index in [0.29, 0.717) is 13.2 Å². The van der Waals surface area contributed by atoms with Crippen molar-refractivity contribution in [1.29, 1.82) is 0 Å². The third-order valence-corrected chi connectivity index (χ3v) is 2.34. The van der Waals surface area contributed by atoms with Gasteiger partial charge in [0.2, 0.25) is 0 Å². The third-order valence-electron chi connectivity index (χ3n) is 2.34. The number of carbonyl (C=O) groups excluding carboxylic acids is 1. The molecular formula is C13H28N2O3. The fourth-order valence-corrected chi connectivity index (χ4v) is 1.78. The van der Waals surface area contributed by atoms with Gasteiger partial charge in [0.1, 0.15) is 5.60 Å². The van der Waals surface area contributed by atoms with Crippen molar-refractivity contribution in [3.8, 4) is 0 Å². The summed E-state index contributed by atoms with van der Waals surface area (Å²) in [5.74, 6) is 0. The zero-order valence-corrected chi connectivity index (χ0v) is 12.5. The Morgan fingerprint density at radius 1 is 1.28 bits per heavy atom. The van der Waals surface area contributed by atoms with Crippen molar-refractivity contribution < 1.29 is 14.3 Å². The van der Waals surface area contributed by atoms with Crippen LogP contribution in [0.15, 0.2) is 0 Å². The maximum atomic E-state index is 11.7. The summed E-state index contributed by atoms with van der Waals surface area (Å²) in [4.78, 5) is 11.7. The fraction of sp³-hybridized carbons (Fsp3) is 0.923. The molecule has 3 N–H and O–H groups in total. The molecule has 0 heterocycles. The van der Waals surface area contributed by atoms with Crippen LogP contribution in [0, 0.1) is 5.41 Å². The lowest BCUT2D eigenvalue weighted by Crippen LogP contribution is -2.45. The highest BCUT2D eigenvalue weighted by atomic mass is 16.6. The molecule has 0 rings (SSSR count). The van der Waals surface area contributed by atoms with E-state index < -0.39 is 11.7 Å². The van der Waals surface area contributed by atoms with Crippen LogP contribution >= 0.6 is 0 Å². The van der Waals surface area contributed by atoms with Crippen molar-refractivity contribution in [3.63, 3.8) is 0 Å². The Hall–Kier alpha value is -0.810. The molecule has 0 aromatic rings. The van der Waals surface area contributed by atoms with Crippen molar-refractivity contribution in [2.24, 2.45) is 11.1 Å². The number of nitrogens with two attached hydrogens (primary N) is 1. The van der Waals surface area contributed by atoms with E-state index in [1.54, 1.807) is 7.11 Å². The molecule has 0 aromatic heterocycles. The zero-order valence-electron chi connectivity index (χ0n) is 12.5. The molecule has 0 spiro atoms. The number of ether oxygens (including phenoxy) is 2. The van der Waals surface area contributed by atoms with E-state index in [1.165, 1.54) is 0 Å². The topological polar surface area (TPSA) is 73.6 Å². The molecule has 0 aliphatic carbocycles. The standard InChI is InChI=1S/C13H28N2O3/c1-12(2,3)18-11(16)15-10(8-14)7-13(4,5)9-17-6/h10H,7-9,14H2,1-6H3,(H,15,16). The minimum absolute atomic E-state index is 0.0339. The number of amides is 1. The monoisotopic (exact) mass is 260 g/mol. The first-order chi connectivity index (χ1) is 8.09. The summed E-state index contributed by atoms with van der Waals surface area (Å²) in [6.45, 7) is 10.7. The van der Waals surface area contributed by atoms with Crippen LogP contribution in [0.3, 0.4) is 0 Å². The minimum Gasteiger partial charge on any atom is -0.444 e. The number of hydrogen-bond donors (Lipinski definition) is 2. The number of hydrogen-bond acceptors (Lipinski definition) is 4. The largest absolute Gasteiger partial charge is 0.444 e. The average molecular weight is 260 g/mol. The first kappa shape index (κ1) is 17.2. The molecule has 0 aliphatic rings. The molecule has 1 atom stereocenters. The summed E-state index contributed by atoms with van der Waals surface area (Å²) < 4.78 is 10.4. The van der Waals surface area contributed by atoms with Crippen LogP contribution in [0.5, 0.6) is 0 Å². The Labute approximate surface area is 110 Å². The van der Waals surface area contributed by atoms with E-state index in [9.17, 15) is 4.79 Å². The molecule has 0 aliphatic heterocycles. The molecule has 5 nitrogen and oxygen atoms in total. The van der Waals surface area contributed by atoms with Gasteiger partial charge in [0.05, 0.1) is 6.61 Å². The Morgan fingerprint density at radius 2 is 1.83 bits per heavy atom. The number of nitrogens with one attached hydrogen (secondary N) is 1. The number of carbonyl (C=O) groups is 1. The lowest BCUT2D eigenvalue weighted by atomic mass is 9.86. The van der Waals surface area contributed by atoms with Crippen LogP contribution in [0.25, 0.3) is 0 Å². The Bertz CT molecular complexity index is 259. The van der Waals surface area contributed by atoms with Gasteiger partial charge >= 0.3 is 6.09 Å². The Kier molecular flexibility index (Phi) is 6.63. The SMILES string of the molecule is COCC(C)(C)CC(CN)NC(=O)OC(C)(C)C. The van der Waals surface area contributed by atoms with Crippen molar-refractivity contribution in [2.75, 3.05) is 20.3 Å². The normalized spacial score (nSPS) is 14.2. The quantitative estimate of drug-likeness (QED) is 0.765. The van der Waals surface area contributed by atoms with Crippen molar-refractivity contribution in [1.82, 2.24) is 5.32 Å². The van der Waals surface area contributed by atoms with E-state index in [2.05, 4.69) is 19.2 Å².